The lowest BCUT2D eigenvalue weighted by atomic mass is 10.3. The number of aromatic nitrogens is 3. The Morgan fingerprint density at radius 1 is 1.16 bits per heavy atom. The van der Waals surface area contributed by atoms with E-state index in [1.54, 1.807) is 6.20 Å². The molecule has 5 nitrogen and oxygen atoms in total. The van der Waals surface area contributed by atoms with E-state index in [1.807, 2.05) is 39.8 Å². The molecule has 0 atom stereocenters. The molecule has 0 aliphatic rings. The summed E-state index contributed by atoms with van der Waals surface area (Å²) in [5, 5.41) is 3.21. The van der Waals surface area contributed by atoms with Crippen molar-refractivity contribution in [2.45, 2.75) is 27.7 Å². The molecule has 0 bridgehead atoms. The Bertz CT molecular complexity index is 566. The van der Waals surface area contributed by atoms with Gasteiger partial charge in [0.25, 0.3) is 0 Å². The highest BCUT2D eigenvalue weighted by Gasteiger charge is 2.10. The lowest BCUT2D eigenvalue weighted by molar-refractivity contribution is 0.453. The molecule has 100 valence electrons. The Hall–Kier alpha value is -2.17. The van der Waals surface area contributed by atoms with Gasteiger partial charge in [0.2, 0.25) is 5.88 Å². The molecule has 0 fully saturated rings. The standard InChI is InChI=1S/C14H18N4O/c1-5-15-13-10(3)14(18-11(4)17-13)19-12-7-6-9(2)16-8-12/h6-8H,5H2,1-4H3,(H,15,17,18). The summed E-state index contributed by atoms with van der Waals surface area (Å²) in [6.45, 7) is 8.56. The molecule has 2 rings (SSSR count). The number of aryl methyl sites for hydroxylation is 2. The summed E-state index contributed by atoms with van der Waals surface area (Å²) in [7, 11) is 0. The first-order valence-electron chi connectivity index (χ1n) is 6.29. The number of ether oxygens (including phenoxy) is 1. The summed E-state index contributed by atoms with van der Waals surface area (Å²) >= 11 is 0. The number of nitrogens with one attached hydrogen (secondary N) is 1. The Morgan fingerprint density at radius 2 is 1.95 bits per heavy atom. The maximum absolute atomic E-state index is 5.78. The predicted octanol–water partition coefficient (Wildman–Crippen LogP) is 3.02. The summed E-state index contributed by atoms with van der Waals surface area (Å²) in [6.07, 6.45) is 1.69. The van der Waals surface area contributed by atoms with Crippen molar-refractivity contribution in [1.29, 1.82) is 0 Å². The van der Waals surface area contributed by atoms with E-state index >= 15 is 0 Å². The Labute approximate surface area is 113 Å². The third kappa shape index (κ3) is 3.19. The van der Waals surface area contributed by atoms with Crippen LogP contribution in [0.1, 0.15) is 24.0 Å². The average Bonchev–Trinajstić information content (AvgIpc) is 2.38. The first-order valence-corrected chi connectivity index (χ1v) is 6.29. The largest absolute Gasteiger partial charge is 0.437 e. The topological polar surface area (TPSA) is 59.9 Å². The zero-order chi connectivity index (χ0) is 13.8. The van der Waals surface area contributed by atoms with Gasteiger partial charge in [-0.3, -0.25) is 4.98 Å². The normalized spacial score (nSPS) is 10.3. The van der Waals surface area contributed by atoms with Gasteiger partial charge in [0.1, 0.15) is 17.4 Å². The molecular formula is C14H18N4O. The number of hydrogen-bond donors (Lipinski definition) is 1. The summed E-state index contributed by atoms with van der Waals surface area (Å²) in [5.41, 5.74) is 1.85. The van der Waals surface area contributed by atoms with Crippen molar-refractivity contribution in [3.8, 4) is 11.6 Å². The summed E-state index contributed by atoms with van der Waals surface area (Å²) in [4.78, 5) is 12.9. The molecule has 19 heavy (non-hydrogen) atoms. The third-order valence-electron chi connectivity index (χ3n) is 2.66. The van der Waals surface area contributed by atoms with Crippen LogP contribution in [-0.2, 0) is 0 Å². The fraction of sp³-hybridized carbons (Fsp3) is 0.357. The van der Waals surface area contributed by atoms with E-state index in [1.165, 1.54) is 0 Å². The van der Waals surface area contributed by atoms with E-state index in [4.69, 9.17) is 4.74 Å². The van der Waals surface area contributed by atoms with Crippen LogP contribution in [0.15, 0.2) is 18.3 Å². The Balaban J connectivity index is 2.31. The molecule has 2 heterocycles. The molecule has 0 unspecified atom stereocenters. The molecule has 0 aliphatic heterocycles. The van der Waals surface area contributed by atoms with Gasteiger partial charge in [0, 0.05) is 12.2 Å². The maximum Gasteiger partial charge on any atom is 0.227 e. The van der Waals surface area contributed by atoms with Crippen LogP contribution in [0.2, 0.25) is 0 Å². The fourth-order valence-electron chi connectivity index (χ4n) is 1.67. The van der Waals surface area contributed by atoms with Crippen LogP contribution in [0.5, 0.6) is 11.6 Å². The van der Waals surface area contributed by atoms with Crippen molar-refractivity contribution in [3.63, 3.8) is 0 Å². The predicted molar refractivity (Wildman–Crippen MR) is 74.7 cm³/mol. The molecule has 0 saturated heterocycles. The van der Waals surface area contributed by atoms with Crippen LogP contribution < -0.4 is 10.1 Å². The van der Waals surface area contributed by atoms with Gasteiger partial charge in [-0.05, 0) is 39.8 Å². The van der Waals surface area contributed by atoms with Crippen LogP contribution in [0, 0.1) is 20.8 Å². The molecule has 2 aromatic heterocycles. The Morgan fingerprint density at radius 3 is 2.58 bits per heavy atom. The molecule has 1 N–H and O–H groups in total. The molecular weight excluding hydrogens is 240 g/mol. The summed E-state index contributed by atoms with van der Waals surface area (Å²) < 4.78 is 5.78. The van der Waals surface area contributed by atoms with E-state index in [9.17, 15) is 0 Å². The van der Waals surface area contributed by atoms with Crippen LogP contribution in [0.25, 0.3) is 0 Å². The number of pyridine rings is 1. The van der Waals surface area contributed by atoms with Gasteiger partial charge >= 0.3 is 0 Å². The minimum Gasteiger partial charge on any atom is -0.437 e. The smallest absolute Gasteiger partial charge is 0.227 e. The van der Waals surface area contributed by atoms with Crippen molar-refractivity contribution < 1.29 is 4.74 Å². The highest BCUT2D eigenvalue weighted by atomic mass is 16.5. The van der Waals surface area contributed by atoms with Gasteiger partial charge in [0.05, 0.1) is 11.8 Å². The number of nitrogens with zero attached hydrogens (tertiary/aromatic N) is 3. The summed E-state index contributed by atoms with van der Waals surface area (Å²) in [6, 6.07) is 3.79. The Kier molecular flexibility index (Phi) is 3.94. The van der Waals surface area contributed by atoms with Crippen LogP contribution in [0.4, 0.5) is 5.82 Å². The van der Waals surface area contributed by atoms with Crippen molar-refractivity contribution in [1.82, 2.24) is 15.0 Å². The van der Waals surface area contributed by atoms with Crippen LogP contribution in [-0.4, -0.2) is 21.5 Å². The molecule has 2 aromatic rings. The molecule has 0 aliphatic carbocycles. The van der Waals surface area contributed by atoms with Crippen molar-refractivity contribution in [3.05, 3.63) is 35.4 Å². The highest BCUT2D eigenvalue weighted by Crippen LogP contribution is 2.26. The summed E-state index contributed by atoms with van der Waals surface area (Å²) in [5.74, 6) is 2.73. The monoisotopic (exact) mass is 258 g/mol. The molecule has 5 heteroatoms. The lowest BCUT2D eigenvalue weighted by Gasteiger charge is -2.12. The quantitative estimate of drug-likeness (QED) is 0.913. The van der Waals surface area contributed by atoms with Crippen LogP contribution in [0.3, 0.4) is 0 Å². The molecule has 0 spiro atoms. The first kappa shape index (κ1) is 13.3. The van der Waals surface area contributed by atoms with Gasteiger partial charge in [-0.15, -0.1) is 0 Å². The SMILES string of the molecule is CCNc1nc(C)nc(Oc2ccc(C)nc2)c1C. The number of anilines is 1. The minimum absolute atomic E-state index is 0.564. The van der Waals surface area contributed by atoms with Crippen molar-refractivity contribution in [2.24, 2.45) is 0 Å². The van der Waals surface area contributed by atoms with Crippen molar-refractivity contribution >= 4 is 5.82 Å². The van der Waals surface area contributed by atoms with E-state index in [-0.39, 0.29) is 0 Å². The van der Waals surface area contributed by atoms with E-state index in [0.29, 0.717) is 17.5 Å². The van der Waals surface area contributed by atoms with Gasteiger partial charge < -0.3 is 10.1 Å². The van der Waals surface area contributed by atoms with Crippen LogP contribution >= 0.6 is 0 Å². The molecule has 0 aromatic carbocycles. The maximum atomic E-state index is 5.78. The average molecular weight is 258 g/mol. The van der Waals surface area contributed by atoms with Gasteiger partial charge in [-0.1, -0.05) is 0 Å². The molecule has 0 saturated carbocycles. The fourth-order valence-corrected chi connectivity index (χ4v) is 1.67. The zero-order valence-electron chi connectivity index (χ0n) is 11.7. The lowest BCUT2D eigenvalue weighted by Crippen LogP contribution is -2.06. The first-order chi connectivity index (χ1) is 9.10. The molecule has 0 amide bonds. The van der Waals surface area contributed by atoms with Crippen molar-refractivity contribution in [2.75, 3.05) is 11.9 Å². The second-order valence-corrected chi connectivity index (χ2v) is 4.32. The van der Waals surface area contributed by atoms with E-state index in [0.717, 1.165) is 23.6 Å². The second kappa shape index (κ2) is 5.65. The van der Waals surface area contributed by atoms with E-state index < -0.39 is 0 Å². The minimum atomic E-state index is 0.564. The number of rotatable bonds is 4. The number of hydrogen-bond acceptors (Lipinski definition) is 5. The van der Waals surface area contributed by atoms with E-state index in [2.05, 4.69) is 20.3 Å². The molecule has 0 radical (unpaired) electrons. The van der Waals surface area contributed by atoms with Gasteiger partial charge in [0.15, 0.2) is 0 Å². The van der Waals surface area contributed by atoms with Gasteiger partial charge in [-0.2, -0.15) is 4.98 Å². The zero-order valence-corrected chi connectivity index (χ0v) is 11.7. The third-order valence-corrected chi connectivity index (χ3v) is 2.66. The second-order valence-electron chi connectivity index (χ2n) is 4.32. The van der Waals surface area contributed by atoms with Gasteiger partial charge in [-0.25, -0.2) is 4.98 Å². The highest BCUT2D eigenvalue weighted by molar-refractivity contribution is 5.49.